The summed E-state index contributed by atoms with van der Waals surface area (Å²) in [5.41, 5.74) is 3.55. The second-order valence-corrected chi connectivity index (χ2v) is 5.76. The van der Waals surface area contributed by atoms with Crippen LogP contribution in [0.2, 0.25) is 0 Å². The molecule has 0 bridgehead atoms. The number of aryl methyl sites for hydroxylation is 2. The highest BCUT2D eigenvalue weighted by Gasteiger charge is 2.13. The number of Topliss-reactive ketones (excluding diaryl/α,β-unsaturated/α-hetero) is 1. The fourth-order valence-electron chi connectivity index (χ4n) is 2.68. The van der Waals surface area contributed by atoms with Crippen LogP contribution in [0.5, 0.6) is 0 Å². The highest BCUT2D eigenvalue weighted by molar-refractivity contribution is 5.96. The smallest absolute Gasteiger partial charge is 0.222 e. The molecule has 1 aliphatic rings. The van der Waals surface area contributed by atoms with E-state index in [0.717, 1.165) is 18.4 Å². The van der Waals surface area contributed by atoms with Gasteiger partial charge in [-0.3, -0.25) is 9.59 Å². The standard InChI is InChI=1S/C17H23NO2/c1-18(2)17(20)9-5-8-16(19)15-11-10-13-6-3-4-7-14(13)12-15/h10-12H,3-9H2,1-2H3. The largest absolute Gasteiger partial charge is 0.349 e. The molecule has 3 heteroatoms. The lowest BCUT2D eigenvalue weighted by Crippen LogP contribution is -2.21. The maximum atomic E-state index is 12.2. The van der Waals surface area contributed by atoms with Gasteiger partial charge in [0.05, 0.1) is 0 Å². The first-order chi connectivity index (χ1) is 9.58. The molecule has 1 amide bonds. The molecule has 0 unspecified atom stereocenters. The van der Waals surface area contributed by atoms with E-state index in [1.807, 2.05) is 6.07 Å². The molecule has 0 aromatic heterocycles. The lowest BCUT2D eigenvalue weighted by Gasteiger charge is -2.16. The van der Waals surface area contributed by atoms with Gasteiger partial charge in [-0.2, -0.15) is 0 Å². The Morgan fingerprint density at radius 2 is 1.75 bits per heavy atom. The number of carbonyl (C=O) groups is 2. The fraction of sp³-hybridized carbons (Fsp3) is 0.529. The second kappa shape index (κ2) is 6.69. The Balaban J connectivity index is 1.91. The van der Waals surface area contributed by atoms with Gasteiger partial charge in [-0.1, -0.05) is 12.1 Å². The molecule has 0 spiro atoms. The summed E-state index contributed by atoms with van der Waals surface area (Å²) in [6, 6.07) is 6.11. The minimum atomic E-state index is 0.0863. The van der Waals surface area contributed by atoms with E-state index in [0.29, 0.717) is 19.3 Å². The van der Waals surface area contributed by atoms with Crippen LogP contribution in [0, 0.1) is 0 Å². The van der Waals surface area contributed by atoms with E-state index < -0.39 is 0 Å². The molecule has 1 aliphatic carbocycles. The molecule has 0 heterocycles. The maximum Gasteiger partial charge on any atom is 0.222 e. The molecule has 2 rings (SSSR count). The fourth-order valence-corrected chi connectivity index (χ4v) is 2.68. The van der Waals surface area contributed by atoms with Gasteiger partial charge in [0, 0.05) is 32.5 Å². The van der Waals surface area contributed by atoms with Crippen LogP contribution >= 0.6 is 0 Å². The zero-order valence-electron chi connectivity index (χ0n) is 12.4. The third-order valence-corrected chi connectivity index (χ3v) is 3.96. The molecular formula is C17H23NO2. The molecule has 0 N–H and O–H groups in total. The average Bonchev–Trinajstić information content (AvgIpc) is 2.46. The topological polar surface area (TPSA) is 37.4 Å². The van der Waals surface area contributed by atoms with Crippen molar-refractivity contribution in [2.75, 3.05) is 14.1 Å². The molecule has 0 saturated carbocycles. The first-order valence-electron chi connectivity index (χ1n) is 7.43. The number of hydrogen-bond acceptors (Lipinski definition) is 2. The van der Waals surface area contributed by atoms with Gasteiger partial charge in [0.25, 0.3) is 0 Å². The van der Waals surface area contributed by atoms with Crippen molar-refractivity contribution >= 4 is 11.7 Å². The van der Waals surface area contributed by atoms with Crippen molar-refractivity contribution in [2.24, 2.45) is 0 Å². The van der Waals surface area contributed by atoms with Crippen molar-refractivity contribution in [1.82, 2.24) is 4.90 Å². The molecule has 0 atom stereocenters. The van der Waals surface area contributed by atoms with Crippen LogP contribution in [0.1, 0.15) is 53.6 Å². The molecule has 0 radical (unpaired) electrons. The zero-order chi connectivity index (χ0) is 14.5. The molecule has 1 aromatic carbocycles. The Bertz CT molecular complexity index is 506. The van der Waals surface area contributed by atoms with E-state index in [9.17, 15) is 9.59 Å². The van der Waals surface area contributed by atoms with E-state index in [1.165, 1.54) is 24.0 Å². The van der Waals surface area contributed by atoms with Crippen molar-refractivity contribution in [3.63, 3.8) is 0 Å². The van der Waals surface area contributed by atoms with Crippen LogP contribution in [-0.2, 0) is 17.6 Å². The molecular weight excluding hydrogens is 250 g/mol. The highest BCUT2D eigenvalue weighted by atomic mass is 16.2. The van der Waals surface area contributed by atoms with Crippen molar-refractivity contribution in [2.45, 2.75) is 44.9 Å². The summed E-state index contributed by atoms with van der Waals surface area (Å²) >= 11 is 0. The number of fused-ring (bicyclic) bond motifs is 1. The summed E-state index contributed by atoms with van der Waals surface area (Å²) < 4.78 is 0. The van der Waals surface area contributed by atoms with Gasteiger partial charge < -0.3 is 4.90 Å². The minimum absolute atomic E-state index is 0.0863. The zero-order valence-corrected chi connectivity index (χ0v) is 12.4. The number of amides is 1. The quantitative estimate of drug-likeness (QED) is 0.773. The van der Waals surface area contributed by atoms with Gasteiger partial charge in [0.1, 0.15) is 0 Å². The van der Waals surface area contributed by atoms with E-state index in [1.54, 1.807) is 19.0 Å². The Labute approximate surface area is 121 Å². The monoisotopic (exact) mass is 273 g/mol. The number of ketones is 1. The Kier molecular flexibility index (Phi) is 4.94. The van der Waals surface area contributed by atoms with Crippen LogP contribution in [0.15, 0.2) is 18.2 Å². The number of hydrogen-bond donors (Lipinski definition) is 0. The first-order valence-corrected chi connectivity index (χ1v) is 7.43. The molecule has 1 aromatic rings. The van der Waals surface area contributed by atoms with Crippen LogP contribution in [0.4, 0.5) is 0 Å². The van der Waals surface area contributed by atoms with E-state index in [-0.39, 0.29) is 11.7 Å². The van der Waals surface area contributed by atoms with Gasteiger partial charge in [0.2, 0.25) is 5.91 Å². The van der Waals surface area contributed by atoms with Gasteiger partial charge in [-0.25, -0.2) is 0 Å². The molecule has 20 heavy (non-hydrogen) atoms. The van der Waals surface area contributed by atoms with E-state index >= 15 is 0 Å². The van der Waals surface area contributed by atoms with E-state index in [2.05, 4.69) is 12.1 Å². The number of carbonyl (C=O) groups excluding carboxylic acids is 2. The number of rotatable bonds is 5. The maximum absolute atomic E-state index is 12.2. The van der Waals surface area contributed by atoms with Gasteiger partial charge >= 0.3 is 0 Å². The van der Waals surface area contributed by atoms with E-state index in [4.69, 9.17) is 0 Å². The van der Waals surface area contributed by atoms with Gasteiger partial charge in [0.15, 0.2) is 5.78 Å². The first kappa shape index (κ1) is 14.8. The summed E-state index contributed by atoms with van der Waals surface area (Å²) in [5, 5.41) is 0. The normalized spacial score (nSPS) is 13.7. The van der Waals surface area contributed by atoms with Crippen molar-refractivity contribution in [3.8, 4) is 0 Å². The van der Waals surface area contributed by atoms with Crippen LogP contribution in [-0.4, -0.2) is 30.7 Å². The van der Waals surface area contributed by atoms with Crippen LogP contribution < -0.4 is 0 Å². The number of nitrogens with zero attached hydrogens (tertiary/aromatic N) is 1. The molecule has 3 nitrogen and oxygen atoms in total. The van der Waals surface area contributed by atoms with Crippen molar-refractivity contribution < 1.29 is 9.59 Å². The molecule has 0 aliphatic heterocycles. The summed E-state index contributed by atoms with van der Waals surface area (Å²) in [4.78, 5) is 25.2. The second-order valence-electron chi connectivity index (χ2n) is 5.76. The van der Waals surface area contributed by atoms with Crippen LogP contribution in [0.3, 0.4) is 0 Å². The van der Waals surface area contributed by atoms with Crippen molar-refractivity contribution in [1.29, 1.82) is 0 Å². The molecule has 108 valence electrons. The third kappa shape index (κ3) is 3.69. The summed E-state index contributed by atoms with van der Waals surface area (Å²) in [6.45, 7) is 0. The Morgan fingerprint density at radius 1 is 1.05 bits per heavy atom. The lowest BCUT2D eigenvalue weighted by molar-refractivity contribution is -0.128. The predicted octanol–water partition coefficient (Wildman–Crippen LogP) is 3.01. The Hall–Kier alpha value is -1.64. The summed E-state index contributed by atoms with van der Waals surface area (Å²) in [5.74, 6) is 0.244. The Morgan fingerprint density at radius 3 is 2.45 bits per heavy atom. The van der Waals surface area contributed by atoms with Crippen LogP contribution in [0.25, 0.3) is 0 Å². The highest BCUT2D eigenvalue weighted by Crippen LogP contribution is 2.23. The summed E-state index contributed by atoms with van der Waals surface area (Å²) in [6.07, 6.45) is 6.25. The summed E-state index contributed by atoms with van der Waals surface area (Å²) in [7, 11) is 3.49. The van der Waals surface area contributed by atoms with Gasteiger partial charge in [-0.05, 0) is 49.3 Å². The lowest BCUT2D eigenvalue weighted by atomic mass is 9.89. The predicted molar refractivity (Wildman–Crippen MR) is 80.0 cm³/mol. The van der Waals surface area contributed by atoms with Gasteiger partial charge in [-0.15, -0.1) is 0 Å². The minimum Gasteiger partial charge on any atom is -0.349 e. The van der Waals surface area contributed by atoms with Crippen molar-refractivity contribution in [3.05, 3.63) is 34.9 Å². The number of benzene rings is 1. The molecule has 0 fully saturated rings. The average molecular weight is 273 g/mol. The SMILES string of the molecule is CN(C)C(=O)CCCC(=O)c1ccc2c(c1)CCCC2. The third-order valence-electron chi connectivity index (χ3n) is 3.96. The molecule has 0 saturated heterocycles.